The van der Waals surface area contributed by atoms with E-state index >= 15 is 0 Å². The number of esters is 1. The van der Waals surface area contributed by atoms with Crippen molar-refractivity contribution in [3.63, 3.8) is 0 Å². The van der Waals surface area contributed by atoms with Crippen molar-refractivity contribution in [2.24, 2.45) is 11.3 Å². The lowest BCUT2D eigenvalue weighted by atomic mass is 9.75. The third-order valence-corrected chi connectivity index (χ3v) is 4.86. The van der Waals surface area contributed by atoms with Crippen LogP contribution in [0.15, 0.2) is 0 Å². The van der Waals surface area contributed by atoms with E-state index in [2.05, 4.69) is 5.32 Å². The van der Waals surface area contributed by atoms with Gasteiger partial charge in [-0.05, 0) is 25.7 Å². The molecule has 0 unspecified atom stereocenters. The Kier molecular flexibility index (Phi) is 5.42. The lowest BCUT2D eigenvalue weighted by molar-refractivity contribution is -0.145. The summed E-state index contributed by atoms with van der Waals surface area (Å²) in [6, 6.07) is -0.271. The lowest BCUT2D eigenvalue weighted by Gasteiger charge is -2.31. The van der Waals surface area contributed by atoms with Crippen LogP contribution in [0.5, 0.6) is 0 Å². The van der Waals surface area contributed by atoms with Crippen molar-refractivity contribution in [1.82, 2.24) is 5.32 Å². The predicted octanol–water partition coefficient (Wildman–Crippen LogP) is 1.87. The van der Waals surface area contributed by atoms with Gasteiger partial charge in [0.05, 0.1) is 23.8 Å². The first kappa shape index (κ1) is 16.8. The van der Waals surface area contributed by atoms with Gasteiger partial charge < -0.3 is 15.2 Å². The number of carboxylic acids is 1. The molecule has 1 aliphatic carbocycles. The van der Waals surface area contributed by atoms with Crippen LogP contribution in [0.3, 0.4) is 0 Å². The van der Waals surface area contributed by atoms with E-state index in [9.17, 15) is 19.5 Å². The normalized spacial score (nSPS) is 24.8. The van der Waals surface area contributed by atoms with Crippen molar-refractivity contribution in [3.8, 4) is 0 Å². The Bertz CT molecular complexity index is 442. The highest BCUT2D eigenvalue weighted by atomic mass is 16.5. The molecule has 6 heteroatoms. The summed E-state index contributed by atoms with van der Waals surface area (Å²) < 4.78 is 4.87. The lowest BCUT2D eigenvalue weighted by Crippen LogP contribution is -2.46. The fourth-order valence-corrected chi connectivity index (χ4v) is 3.65. The van der Waals surface area contributed by atoms with Crippen LogP contribution < -0.4 is 5.32 Å². The second-order valence-electron chi connectivity index (χ2n) is 6.57. The number of hydrogen-bond acceptors (Lipinski definition) is 4. The second kappa shape index (κ2) is 7.11. The number of rotatable bonds is 7. The molecule has 2 aliphatic rings. The summed E-state index contributed by atoms with van der Waals surface area (Å²) >= 11 is 0. The predicted molar refractivity (Wildman–Crippen MR) is 79.1 cm³/mol. The molecule has 0 aromatic heterocycles. The Balaban J connectivity index is 2.04. The molecular formula is C16H25NO5. The Morgan fingerprint density at radius 3 is 2.59 bits per heavy atom. The van der Waals surface area contributed by atoms with Crippen molar-refractivity contribution < 1.29 is 24.2 Å². The summed E-state index contributed by atoms with van der Waals surface area (Å²) in [4.78, 5) is 35.3. The first-order chi connectivity index (χ1) is 10.5. The van der Waals surface area contributed by atoms with E-state index in [1.54, 1.807) is 0 Å². The number of aliphatic carboxylic acids is 1. The zero-order valence-corrected chi connectivity index (χ0v) is 13.1. The van der Waals surface area contributed by atoms with E-state index in [0.717, 1.165) is 32.1 Å². The highest BCUT2D eigenvalue weighted by molar-refractivity contribution is 5.85. The molecule has 0 spiro atoms. The van der Waals surface area contributed by atoms with Gasteiger partial charge in [0, 0.05) is 0 Å². The van der Waals surface area contributed by atoms with Crippen LogP contribution in [0.25, 0.3) is 0 Å². The quantitative estimate of drug-likeness (QED) is 0.700. The van der Waals surface area contributed by atoms with E-state index in [0.29, 0.717) is 12.8 Å². The van der Waals surface area contributed by atoms with Gasteiger partial charge in [0.25, 0.3) is 0 Å². The summed E-state index contributed by atoms with van der Waals surface area (Å²) in [5, 5.41) is 12.3. The fourth-order valence-electron chi connectivity index (χ4n) is 3.65. The minimum atomic E-state index is -0.819. The standard InChI is InChI=1S/C16H25NO5/c1-2-5-11(14(19)20)9-16(6-3-4-7-16)15(21)17-12-8-13(18)22-10-12/h11-12H,2-10H2,1H3,(H,17,21)(H,19,20)/t11-,12+/m1/s1. The number of hydrogen-bond donors (Lipinski definition) is 2. The van der Waals surface area contributed by atoms with Crippen molar-refractivity contribution >= 4 is 17.8 Å². The molecule has 2 N–H and O–H groups in total. The zero-order valence-electron chi connectivity index (χ0n) is 13.1. The third kappa shape index (κ3) is 3.78. The van der Waals surface area contributed by atoms with Gasteiger partial charge in [0.2, 0.25) is 5.91 Å². The molecule has 1 heterocycles. The summed E-state index contributed by atoms with van der Waals surface area (Å²) in [5.74, 6) is -1.69. The molecule has 124 valence electrons. The van der Waals surface area contributed by atoms with Crippen LogP contribution in [0, 0.1) is 11.3 Å². The third-order valence-electron chi connectivity index (χ3n) is 4.86. The molecule has 6 nitrogen and oxygen atoms in total. The second-order valence-corrected chi connectivity index (χ2v) is 6.57. The number of nitrogens with one attached hydrogen (secondary N) is 1. The number of carbonyl (C=O) groups is 3. The Labute approximate surface area is 130 Å². The zero-order chi connectivity index (χ0) is 16.2. The monoisotopic (exact) mass is 311 g/mol. The Morgan fingerprint density at radius 2 is 2.09 bits per heavy atom. The highest BCUT2D eigenvalue weighted by Gasteiger charge is 2.45. The molecule has 2 fully saturated rings. The van der Waals surface area contributed by atoms with Gasteiger partial charge in [-0.15, -0.1) is 0 Å². The van der Waals surface area contributed by atoms with Crippen LogP contribution in [0.1, 0.15) is 58.3 Å². The number of amides is 1. The van der Waals surface area contributed by atoms with Crippen molar-refractivity contribution in [2.75, 3.05) is 6.61 Å². The van der Waals surface area contributed by atoms with Crippen molar-refractivity contribution in [1.29, 1.82) is 0 Å². The van der Waals surface area contributed by atoms with Gasteiger partial charge in [-0.2, -0.15) is 0 Å². The molecule has 1 aliphatic heterocycles. The molecule has 2 atom stereocenters. The maximum Gasteiger partial charge on any atom is 0.308 e. The summed E-state index contributed by atoms with van der Waals surface area (Å²) in [6.45, 7) is 2.18. The maximum absolute atomic E-state index is 12.7. The molecule has 22 heavy (non-hydrogen) atoms. The Hall–Kier alpha value is -1.59. The summed E-state index contributed by atoms with van der Waals surface area (Å²) in [5.41, 5.74) is -0.593. The number of carbonyl (C=O) groups excluding carboxylic acids is 2. The molecule has 0 aromatic carbocycles. The van der Waals surface area contributed by atoms with Crippen molar-refractivity contribution in [3.05, 3.63) is 0 Å². The smallest absolute Gasteiger partial charge is 0.308 e. The minimum absolute atomic E-state index is 0.101. The molecule has 1 amide bonds. The highest BCUT2D eigenvalue weighted by Crippen LogP contribution is 2.44. The van der Waals surface area contributed by atoms with E-state index in [-0.39, 0.29) is 30.9 Å². The molecule has 0 aromatic rings. The topological polar surface area (TPSA) is 92.7 Å². The summed E-state index contributed by atoms with van der Waals surface area (Å²) in [6.07, 6.45) is 5.34. The van der Waals surface area contributed by atoms with Crippen molar-refractivity contribution in [2.45, 2.75) is 64.3 Å². The summed E-state index contributed by atoms with van der Waals surface area (Å²) in [7, 11) is 0. The van der Waals surface area contributed by atoms with E-state index in [1.165, 1.54) is 0 Å². The minimum Gasteiger partial charge on any atom is -0.481 e. The van der Waals surface area contributed by atoms with Crippen LogP contribution in [0.4, 0.5) is 0 Å². The van der Waals surface area contributed by atoms with E-state index in [1.807, 2.05) is 6.92 Å². The van der Waals surface area contributed by atoms with Crippen LogP contribution in [0.2, 0.25) is 0 Å². The first-order valence-electron chi connectivity index (χ1n) is 8.16. The molecule has 0 bridgehead atoms. The number of ether oxygens (including phenoxy) is 1. The van der Waals surface area contributed by atoms with Gasteiger partial charge in [-0.3, -0.25) is 14.4 Å². The number of carboxylic acid groups (broad SMARTS) is 1. The van der Waals surface area contributed by atoms with E-state index < -0.39 is 17.3 Å². The van der Waals surface area contributed by atoms with Gasteiger partial charge in [-0.1, -0.05) is 26.2 Å². The van der Waals surface area contributed by atoms with Crippen LogP contribution >= 0.6 is 0 Å². The maximum atomic E-state index is 12.7. The first-order valence-corrected chi connectivity index (χ1v) is 8.16. The molecule has 1 saturated heterocycles. The number of cyclic esters (lactones) is 1. The van der Waals surface area contributed by atoms with Gasteiger partial charge in [-0.25, -0.2) is 0 Å². The SMILES string of the molecule is CCC[C@H](CC1(C(=O)N[C@@H]2COC(=O)C2)CCCC1)C(=O)O. The molecular weight excluding hydrogens is 286 g/mol. The van der Waals surface area contributed by atoms with Gasteiger partial charge in [0.15, 0.2) is 0 Å². The molecule has 1 saturated carbocycles. The Morgan fingerprint density at radius 1 is 1.41 bits per heavy atom. The van der Waals surface area contributed by atoms with Crippen LogP contribution in [-0.4, -0.2) is 35.6 Å². The largest absolute Gasteiger partial charge is 0.481 e. The molecule has 0 radical (unpaired) electrons. The van der Waals surface area contributed by atoms with E-state index in [4.69, 9.17) is 4.74 Å². The average Bonchev–Trinajstić information content (AvgIpc) is 3.08. The fraction of sp³-hybridized carbons (Fsp3) is 0.812. The average molecular weight is 311 g/mol. The van der Waals surface area contributed by atoms with Crippen LogP contribution in [-0.2, 0) is 19.1 Å². The molecule has 2 rings (SSSR count). The van der Waals surface area contributed by atoms with Gasteiger partial charge in [0.1, 0.15) is 6.61 Å². The van der Waals surface area contributed by atoms with Gasteiger partial charge >= 0.3 is 11.9 Å².